The van der Waals surface area contributed by atoms with Crippen molar-refractivity contribution < 1.29 is 18.7 Å². The Morgan fingerprint density at radius 2 is 1.83 bits per heavy atom. The Balaban J connectivity index is 1.48. The Bertz CT molecular complexity index is 1110. The Hall–Kier alpha value is -3.06. The van der Waals surface area contributed by atoms with E-state index in [2.05, 4.69) is 10.4 Å². The third-order valence-electron chi connectivity index (χ3n) is 5.10. The van der Waals surface area contributed by atoms with Crippen LogP contribution in [0.1, 0.15) is 28.2 Å². The second-order valence-electron chi connectivity index (χ2n) is 6.95. The lowest BCUT2D eigenvalue weighted by Crippen LogP contribution is -2.18. The molecule has 3 aromatic rings. The molecule has 0 atom stereocenters. The summed E-state index contributed by atoms with van der Waals surface area (Å²) in [5.41, 5.74) is 3.41. The van der Waals surface area contributed by atoms with Crippen molar-refractivity contribution in [2.45, 2.75) is 19.3 Å². The zero-order chi connectivity index (χ0) is 20.0. The monoisotopic (exact) mass is 413 g/mol. The quantitative estimate of drug-likeness (QED) is 0.699. The molecule has 0 fully saturated rings. The Kier molecular flexibility index (Phi) is 4.39. The van der Waals surface area contributed by atoms with Crippen molar-refractivity contribution in [2.24, 2.45) is 0 Å². The highest BCUT2D eigenvalue weighted by atomic mass is 35.5. The molecule has 2 aromatic carbocycles. The van der Waals surface area contributed by atoms with E-state index in [1.165, 1.54) is 12.1 Å². The van der Waals surface area contributed by atoms with E-state index >= 15 is 0 Å². The molecular weight excluding hydrogens is 397 g/mol. The summed E-state index contributed by atoms with van der Waals surface area (Å²) < 4.78 is 26.1. The van der Waals surface area contributed by atoms with Crippen molar-refractivity contribution in [2.75, 3.05) is 18.5 Å². The molecule has 1 aliphatic heterocycles. The average molecular weight is 414 g/mol. The number of aromatic nitrogens is 2. The summed E-state index contributed by atoms with van der Waals surface area (Å²) in [6.07, 6.45) is 2.53. The topological polar surface area (TPSA) is 65.4 Å². The number of anilines is 1. The molecule has 2 aliphatic rings. The van der Waals surface area contributed by atoms with E-state index in [0.717, 1.165) is 36.2 Å². The first-order valence-corrected chi connectivity index (χ1v) is 9.75. The summed E-state index contributed by atoms with van der Waals surface area (Å²) in [7, 11) is 0. The lowest BCUT2D eigenvalue weighted by Gasteiger charge is -2.19. The number of ether oxygens (including phenoxy) is 2. The third kappa shape index (κ3) is 3.21. The van der Waals surface area contributed by atoms with Crippen LogP contribution in [0.5, 0.6) is 11.5 Å². The standard InChI is InChI=1S/C21H17ClFN3O3/c22-15-10-18-19(29-9-8-28-18)11-16(15)24-21(27)20-14-2-1-3-17(14)26(25-20)13-6-4-12(23)5-7-13/h4-7,10-11H,1-3,8-9H2,(H,24,27). The lowest BCUT2D eigenvalue weighted by atomic mass is 10.2. The van der Waals surface area contributed by atoms with E-state index in [1.54, 1.807) is 28.9 Å². The minimum absolute atomic E-state index is 0.316. The largest absolute Gasteiger partial charge is 0.486 e. The van der Waals surface area contributed by atoms with Crippen LogP contribution in [0.15, 0.2) is 36.4 Å². The predicted octanol–water partition coefficient (Wildman–Crippen LogP) is 4.18. The molecule has 0 bridgehead atoms. The van der Waals surface area contributed by atoms with Crippen LogP contribution in [-0.4, -0.2) is 28.9 Å². The van der Waals surface area contributed by atoms with Crippen LogP contribution in [0.3, 0.4) is 0 Å². The molecule has 148 valence electrons. The molecule has 1 aliphatic carbocycles. The van der Waals surface area contributed by atoms with Gasteiger partial charge in [0.15, 0.2) is 17.2 Å². The first-order chi connectivity index (χ1) is 14.1. The van der Waals surface area contributed by atoms with Gasteiger partial charge in [0.05, 0.1) is 16.4 Å². The molecule has 0 saturated heterocycles. The summed E-state index contributed by atoms with van der Waals surface area (Å²) in [5.74, 6) is 0.435. The fraction of sp³-hybridized carbons (Fsp3) is 0.238. The fourth-order valence-corrected chi connectivity index (χ4v) is 3.96. The molecule has 2 heterocycles. The van der Waals surface area contributed by atoms with Crippen LogP contribution in [0, 0.1) is 5.82 Å². The second-order valence-corrected chi connectivity index (χ2v) is 7.35. The number of rotatable bonds is 3. The van der Waals surface area contributed by atoms with E-state index in [0.29, 0.717) is 41.1 Å². The number of hydrogen-bond acceptors (Lipinski definition) is 4. The lowest BCUT2D eigenvalue weighted by molar-refractivity contribution is 0.102. The first-order valence-electron chi connectivity index (χ1n) is 9.37. The van der Waals surface area contributed by atoms with Crippen LogP contribution in [-0.2, 0) is 12.8 Å². The summed E-state index contributed by atoms with van der Waals surface area (Å²) in [6, 6.07) is 9.36. The summed E-state index contributed by atoms with van der Waals surface area (Å²) in [5, 5.41) is 7.72. The van der Waals surface area contributed by atoms with Crippen molar-refractivity contribution in [1.29, 1.82) is 0 Å². The van der Waals surface area contributed by atoms with Crippen molar-refractivity contribution >= 4 is 23.2 Å². The maximum absolute atomic E-state index is 13.3. The van der Waals surface area contributed by atoms with Gasteiger partial charge in [0, 0.05) is 23.4 Å². The molecule has 6 nitrogen and oxygen atoms in total. The summed E-state index contributed by atoms with van der Waals surface area (Å²) >= 11 is 6.31. The minimum atomic E-state index is -0.345. The van der Waals surface area contributed by atoms with Gasteiger partial charge in [0.1, 0.15) is 19.0 Å². The third-order valence-corrected chi connectivity index (χ3v) is 5.41. The number of carbonyl (C=O) groups excluding carboxylic acids is 1. The normalized spacial score (nSPS) is 14.6. The van der Waals surface area contributed by atoms with Crippen LogP contribution in [0.25, 0.3) is 5.69 Å². The van der Waals surface area contributed by atoms with Gasteiger partial charge in [-0.05, 0) is 43.5 Å². The zero-order valence-corrected chi connectivity index (χ0v) is 16.1. The van der Waals surface area contributed by atoms with E-state index in [9.17, 15) is 9.18 Å². The maximum Gasteiger partial charge on any atom is 0.276 e. The first kappa shape index (κ1) is 18.0. The van der Waals surface area contributed by atoms with Crippen molar-refractivity contribution in [3.63, 3.8) is 0 Å². The zero-order valence-electron chi connectivity index (χ0n) is 15.4. The van der Waals surface area contributed by atoms with Gasteiger partial charge in [-0.3, -0.25) is 4.79 Å². The predicted molar refractivity (Wildman–Crippen MR) is 106 cm³/mol. The van der Waals surface area contributed by atoms with Gasteiger partial charge in [-0.15, -0.1) is 0 Å². The van der Waals surface area contributed by atoms with E-state index in [1.807, 2.05) is 0 Å². The highest BCUT2D eigenvalue weighted by Crippen LogP contribution is 2.38. The second kappa shape index (κ2) is 7.08. The molecule has 29 heavy (non-hydrogen) atoms. The molecule has 1 aromatic heterocycles. The molecule has 0 radical (unpaired) electrons. The summed E-state index contributed by atoms with van der Waals surface area (Å²) in [6.45, 7) is 0.902. The Morgan fingerprint density at radius 1 is 1.10 bits per heavy atom. The number of amides is 1. The van der Waals surface area contributed by atoms with Gasteiger partial charge in [-0.1, -0.05) is 11.6 Å². The van der Waals surface area contributed by atoms with Crippen molar-refractivity contribution in [3.05, 3.63) is 64.2 Å². The van der Waals surface area contributed by atoms with Gasteiger partial charge in [0.2, 0.25) is 0 Å². The van der Waals surface area contributed by atoms with Crippen LogP contribution in [0.4, 0.5) is 10.1 Å². The van der Waals surface area contributed by atoms with Gasteiger partial charge in [0.25, 0.3) is 5.91 Å². The number of nitrogens with one attached hydrogen (secondary N) is 1. The number of hydrogen-bond donors (Lipinski definition) is 1. The maximum atomic E-state index is 13.3. The van der Waals surface area contributed by atoms with Gasteiger partial charge < -0.3 is 14.8 Å². The van der Waals surface area contributed by atoms with Gasteiger partial charge in [-0.2, -0.15) is 5.10 Å². The van der Waals surface area contributed by atoms with Crippen LogP contribution in [0.2, 0.25) is 5.02 Å². The Morgan fingerprint density at radius 3 is 2.59 bits per heavy atom. The van der Waals surface area contributed by atoms with Crippen molar-refractivity contribution in [1.82, 2.24) is 9.78 Å². The minimum Gasteiger partial charge on any atom is -0.486 e. The van der Waals surface area contributed by atoms with E-state index in [-0.39, 0.29) is 11.7 Å². The molecule has 1 N–H and O–H groups in total. The molecule has 1 amide bonds. The number of nitrogens with zero attached hydrogens (tertiary/aromatic N) is 2. The van der Waals surface area contributed by atoms with Gasteiger partial charge >= 0.3 is 0 Å². The molecule has 0 spiro atoms. The summed E-state index contributed by atoms with van der Waals surface area (Å²) in [4.78, 5) is 13.0. The fourth-order valence-electron chi connectivity index (χ4n) is 3.76. The number of carbonyl (C=O) groups is 1. The van der Waals surface area contributed by atoms with Crippen LogP contribution >= 0.6 is 11.6 Å². The SMILES string of the molecule is O=C(Nc1cc2c(cc1Cl)OCCO2)c1nn(-c2ccc(F)cc2)c2c1CCC2. The molecular formula is C21H17ClFN3O3. The number of benzene rings is 2. The van der Waals surface area contributed by atoms with Crippen LogP contribution < -0.4 is 14.8 Å². The number of fused-ring (bicyclic) bond motifs is 2. The Labute approximate surface area is 171 Å². The smallest absolute Gasteiger partial charge is 0.276 e. The van der Waals surface area contributed by atoms with E-state index < -0.39 is 0 Å². The van der Waals surface area contributed by atoms with Crippen molar-refractivity contribution in [3.8, 4) is 17.2 Å². The highest BCUT2D eigenvalue weighted by Gasteiger charge is 2.27. The molecule has 0 unspecified atom stereocenters. The number of halogens is 2. The molecule has 8 heteroatoms. The molecule has 0 saturated carbocycles. The van der Waals surface area contributed by atoms with Gasteiger partial charge in [-0.25, -0.2) is 9.07 Å². The highest BCUT2D eigenvalue weighted by molar-refractivity contribution is 6.34. The average Bonchev–Trinajstić information content (AvgIpc) is 3.32. The van der Waals surface area contributed by atoms with E-state index in [4.69, 9.17) is 21.1 Å². The molecule has 5 rings (SSSR count).